The summed E-state index contributed by atoms with van der Waals surface area (Å²) in [5.41, 5.74) is 2.54. The van der Waals surface area contributed by atoms with Gasteiger partial charge in [-0.2, -0.15) is 15.4 Å². The Morgan fingerprint density at radius 3 is 3.05 bits per heavy atom. The van der Waals surface area contributed by atoms with Gasteiger partial charge in [-0.3, -0.25) is 4.79 Å². The first kappa shape index (κ1) is 13.2. The third-order valence-corrected chi connectivity index (χ3v) is 2.62. The first-order valence-electron chi connectivity index (χ1n) is 6.04. The van der Waals surface area contributed by atoms with Crippen molar-refractivity contribution in [3.63, 3.8) is 0 Å². The number of carbonyl (C=O) groups is 1. The predicted molar refractivity (Wildman–Crippen MR) is 73.4 cm³/mol. The maximum atomic E-state index is 11.6. The lowest BCUT2D eigenvalue weighted by Gasteiger charge is -2.05. The molecule has 0 saturated heterocycles. The van der Waals surface area contributed by atoms with E-state index in [1.165, 1.54) is 0 Å². The van der Waals surface area contributed by atoms with Gasteiger partial charge < -0.3 is 10.2 Å². The zero-order valence-electron chi connectivity index (χ0n) is 11.1. The van der Waals surface area contributed by atoms with Gasteiger partial charge in [0, 0.05) is 24.7 Å². The number of para-hydroxylation sites is 1. The summed E-state index contributed by atoms with van der Waals surface area (Å²) in [4.78, 5) is 13.6. The molecule has 6 heteroatoms. The van der Waals surface area contributed by atoms with Crippen molar-refractivity contribution in [3.8, 4) is 0 Å². The number of nitrogens with zero attached hydrogens (tertiary/aromatic N) is 3. The van der Waals surface area contributed by atoms with Crippen LogP contribution in [-0.4, -0.2) is 46.9 Å². The summed E-state index contributed by atoms with van der Waals surface area (Å²) in [6.07, 6.45) is 3.37. The molecule has 0 aliphatic rings. The number of hydrogen-bond acceptors (Lipinski definition) is 4. The summed E-state index contributed by atoms with van der Waals surface area (Å²) in [6, 6.07) is 5.70. The van der Waals surface area contributed by atoms with Crippen LogP contribution in [0.5, 0.6) is 0 Å². The number of benzene rings is 1. The number of aromatic nitrogens is 3. The predicted octanol–water partition coefficient (Wildman–Crippen LogP) is 0.692. The van der Waals surface area contributed by atoms with Crippen LogP contribution >= 0.6 is 0 Å². The van der Waals surface area contributed by atoms with Gasteiger partial charge in [-0.1, -0.05) is 18.2 Å². The lowest BCUT2D eigenvalue weighted by molar-refractivity contribution is -0.116. The van der Waals surface area contributed by atoms with Crippen molar-refractivity contribution in [1.29, 1.82) is 0 Å². The fourth-order valence-corrected chi connectivity index (χ4v) is 1.68. The van der Waals surface area contributed by atoms with Crippen molar-refractivity contribution >= 4 is 16.9 Å². The molecule has 0 unspecified atom stereocenters. The number of carbonyl (C=O) groups excluding carboxylic acids is 1. The molecule has 0 bridgehead atoms. The maximum Gasteiger partial charge on any atom is 0.243 e. The fourth-order valence-electron chi connectivity index (χ4n) is 1.68. The normalized spacial score (nSPS) is 11.5. The summed E-state index contributed by atoms with van der Waals surface area (Å²) < 4.78 is 0. The van der Waals surface area contributed by atoms with Gasteiger partial charge >= 0.3 is 0 Å². The molecule has 1 amide bonds. The number of H-pyrrole nitrogens is 1. The van der Waals surface area contributed by atoms with Crippen LogP contribution in [0, 0.1) is 0 Å². The summed E-state index contributed by atoms with van der Waals surface area (Å²) in [7, 11) is 3.90. The Balaban J connectivity index is 1.93. The third kappa shape index (κ3) is 3.62. The second-order valence-corrected chi connectivity index (χ2v) is 4.49. The van der Waals surface area contributed by atoms with Crippen LogP contribution in [0.1, 0.15) is 5.56 Å². The van der Waals surface area contributed by atoms with E-state index in [2.05, 4.69) is 20.7 Å². The van der Waals surface area contributed by atoms with Gasteiger partial charge in [-0.25, -0.2) is 0 Å². The number of aromatic amines is 1. The first-order valence-corrected chi connectivity index (χ1v) is 6.04. The van der Waals surface area contributed by atoms with Gasteiger partial charge in [0.05, 0.1) is 0 Å². The molecule has 0 fully saturated rings. The van der Waals surface area contributed by atoms with Gasteiger partial charge in [0.15, 0.2) is 0 Å². The van der Waals surface area contributed by atoms with E-state index >= 15 is 0 Å². The molecule has 1 aromatic heterocycles. The van der Waals surface area contributed by atoms with Crippen LogP contribution in [0.3, 0.4) is 0 Å². The number of hydrogen-bond donors (Lipinski definition) is 2. The van der Waals surface area contributed by atoms with E-state index in [9.17, 15) is 4.79 Å². The topological polar surface area (TPSA) is 73.9 Å². The van der Waals surface area contributed by atoms with E-state index in [1.54, 1.807) is 6.08 Å². The molecule has 0 atom stereocenters. The first-order chi connectivity index (χ1) is 9.16. The Labute approximate surface area is 111 Å². The average Bonchev–Trinajstić information content (AvgIpc) is 2.84. The molecule has 19 heavy (non-hydrogen) atoms. The smallest absolute Gasteiger partial charge is 0.243 e. The second-order valence-electron chi connectivity index (χ2n) is 4.49. The minimum absolute atomic E-state index is 0.109. The van der Waals surface area contributed by atoms with Crippen molar-refractivity contribution < 1.29 is 4.79 Å². The van der Waals surface area contributed by atoms with Crippen molar-refractivity contribution in [2.45, 2.75) is 6.54 Å². The molecule has 0 radical (unpaired) electrons. The van der Waals surface area contributed by atoms with Crippen LogP contribution in [0.15, 0.2) is 30.4 Å². The Hall–Kier alpha value is -2.21. The molecule has 0 aliphatic carbocycles. The summed E-state index contributed by atoms with van der Waals surface area (Å²) in [5.74, 6) is -0.109. The number of nitrogens with one attached hydrogen (secondary N) is 2. The van der Waals surface area contributed by atoms with E-state index in [-0.39, 0.29) is 5.91 Å². The Morgan fingerprint density at radius 2 is 2.26 bits per heavy atom. The zero-order chi connectivity index (χ0) is 13.7. The van der Waals surface area contributed by atoms with Crippen molar-refractivity contribution in [2.24, 2.45) is 0 Å². The van der Waals surface area contributed by atoms with E-state index in [1.807, 2.05) is 43.3 Å². The minimum atomic E-state index is -0.109. The van der Waals surface area contributed by atoms with Crippen molar-refractivity contribution in [2.75, 3.05) is 20.6 Å². The highest BCUT2D eigenvalue weighted by molar-refractivity contribution is 5.87. The van der Waals surface area contributed by atoms with E-state index < -0.39 is 0 Å². The summed E-state index contributed by atoms with van der Waals surface area (Å²) in [6.45, 7) is 1.18. The Kier molecular flexibility index (Phi) is 4.25. The molecule has 0 saturated carbocycles. The second kappa shape index (κ2) is 6.10. The van der Waals surface area contributed by atoms with E-state index in [0.717, 1.165) is 23.1 Å². The van der Waals surface area contributed by atoms with Crippen LogP contribution < -0.4 is 5.32 Å². The summed E-state index contributed by atoms with van der Waals surface area (Å²) >= 11 is 0. The number of amides is 1. The lowest BCUT2D eigenvalue weighted by Crippen LogP contribution is -2.21. The SMILES string of the molecule is CN(C)C/C=C/C(=O)NCc1cccc2n[nH]nc12. The van der Waals surface area contributed by atoms with Crippen LogP contribution in [0.4, 0.5) is 0 Å². The molecule has 2 N–H and O–H groups in total. The van der Waals surface area contributed by atoms with Crippen LogP contribution in [-0.2, 0) is 11.3 Å². The lowest BCUT2D eigenvalue weighted by atomic mass is 10.2. The van der Waals surface area contributed by atoms with Crippen LogP contribution in [0.25, 0.3) is 11.0 Å². The molecule has 1 heterocycles. The fraction of sp³-hybridized carbons (Fsp3) is 0.308. The molecule has 2 rings (SSSR count). The zero-order valence-corrected chi connectivity index (χ0v) is 11.1. The molecule has 1 aromatic carbocycles. The highest BCUT2D eigenvalue weighted by Crippen LogP contribution is 2.12. The number of rotatable bonds is 5. The molecule has 2 aromatic rings. The van der Waals surface area contributed by atoms with Gasteiger partial charge in [0.2, 0.25) is 5.91 Å². The maximum absolute atomic E-state index is 11.6. The Bertz CT molecular complexity index is 587. The summed E-state index contributed by atoms with van der Waals surface area (Å²) in [5, 5.41) is 13.5. The molecular weight excluding hydrogens is 242 g/mol. The largest absolute Gasteiger partial charge is 0.348 e. The highest BCUT2D eigenvalue weighted by atomic mass is 16.1. The highest BCUT2D eigenvalue weighted by Gasteiger charge is 2.04. The van der Waals surface area contributed by atoms with Crippen LogP contribution in [0.2, 0.25) is 0 Å². The molecule has 0 aliphatic heterocycles. The van der Waals surface area contributed by atoms with E-state index in [4.69, 9.17) is 0 Å². The van der Waals surface area contributed by atoms with Gasteiger partial charge in [-0.05, 0) is 20.2 Å². The van der Waals surface area contributed by atoms with Crippen molar-refractivity contribution in [1.82, 2.24) is 25.6 Å². The minimum Gasteiger partial charge on any atom is -0.348 e. The van der Waals surface area contributed by atoms with Crippen molar-refractivity contribution in [3.05, 3.63) is 35.9 Å². The van der Waals surface area contributed by atoms with Gasteiger partial charge in [0.25, 0.3) is 0 Å². The van der Waals surface area contributed by atoms with Gasteiger partial charge in [-0.15, -0.1) is 0 Å². The third-order valence-electron chi connectivity index (χ3n) is 2.62. The number of fused-ring (bicyclic) bond motifs is 1. The quantitative estimate of drug-likeness (QED) is 0.775. The monoisotopic (exact) mass is 259 g/mol. The molecular formula is C13H17N5O. The number of likely N-dealkylation sites (N-methyl/N-ethyl adjacent to an activating group) is 1. The van der Waals surface area contributed by atoms with Gasteiger partial charge in [0.1, 0.15) is 11.0 Å². The standard InChI is InChI=1S/C13H17N5O/c1-18(2)8-4-7-12(19)14-9-10-5-3-6-11-13(10)16-17-15-11/h3-7H,8-9H2,1-2H3,(H,14,19)(H,15,16,17)/b7-4+. The molecule has 100 valence electrons. The average molecular weight is 259 g/mol. The molecule has 6 nitrogen and oxygen atoms in total. The Morgan fingerprint density at radius 1 is 1.42 bits per heavy atom. The molecule has 0 spiro atoms. The van der Waals surface area contributed by atoms with E-state index in [0.29, 0.717) is 6.54 Å².